The van der Waals surface area contributed by atoms with Gasteiger partial charge in [-0.3, -0.25) is 4.79 Å². The van der Waals surface area contributed by atoms with Crippen LogP contribution in [-0.4, -0.2) is 23.9 Å². The lowest BCUT2D eigenvalue weighted by Crippen LogP contribution is -2.05. The topological polar surface area (TPSA) is 75.8 Å². The van der Waals surface area contributed by atoms with Gasteiger partial charge in [-0.05, 0) is 48.9 Å². The highest BCUT2D eigenvalue weighted by molar-refractivity contribution is 7.91. The van der Waals surface area contributed by atoms with Gasteiger partial charge in [0, 0.05) is 11.9 Å². The van der Waals surface area contributed by atoms with E-state index in [1.807, 2.05) is 0 Å². The zero-order valence-electron chi connectivity index (χ0n) is 12.7. The maximum Gasteiger partial charge on any atom is 0.309 e. The number of fused-ring (bicyclic) bond motifs is 1. The number of nitrogens with zero attached hydrogens (tertiary/aromatic N) is 1. The van der Waals surface area contributed by atoms with Crippen molar-refractivity contribution in [1.82, 2.24) is 4.40 Å². The number of hydrogen-bond donors (Lipinski definition) is 1. The highest BCUT2D eigenvalue weighted by Crippen LogP contribution is 2.32. The third-order valence-corrected chi connectivity index (χ3v) is 5.81. The molecule has 3 rings (SSSR count). The minimum absolute atomic E-state index is 0.0368. The summed E-state index contributed by atoms with van der Waals surface area (Å²) in [4.78, 5) is 11.1. The first-order valence-corrected chi connectivity index (χ1v) is 8.61. The molecule has 3 aromatic rings. The lowest BCUT2D eigenvalue weighted by Gasteiger charge is -2.05. The number of benzene rings is 1. The Morgan fingerprint density at radius 2 is 1.83 bits per heavy atom. The van der Waals surface area contributed by atoms with Crippen LogP contribution < -0.4 is 0 Å². The third kappa shape index (κ3) is 2.56. The summed E-state index contributed by atoms with van der Waals surface area (Å²) in [5, 5.41) is 9.11. The Labute approximate surface area is 137 Å². The summed E-state index contributed by atoms with van der Waals surface area (Å²) in [5.74, 6) is -1.58. The minimum Gasteiger partial charge on any atom is -0.481 e. The number of aliphatic carboxylic acids is 1. The van der Waals surface area contributed by atoms with E-state index >= 15 is 0 Å². The third-order valence-electron chi connectivity index (χ3n) is 3.87. The number of rotatable bonds is 4. The van der Waals surface area contributed by atoms with Crippen LogP contribution in [0.1, 0.15) is 11.3 Å². The van der Waals surface area contributed by atoms with Crippen LogP contribution in [0.25, 0.3) is 5.52 Å². The predicted molar refractivity (Wildman–Crippen MR) is 85.3 cm³/mol. The molecule has 0 amide bonds. The molecule has 0 saturated carbocycles. The van der Waals surface area contributed by atoms with Crippen LogP contribution in [0.15, 0.2) is 58.5 Å². The molecule has 24 heavy (non-hydrogen) atoms. The van der Waals surface area contributed by atoms with Gasteiger partial charge in [0.05, 0.1) is 16.8 Å². The Hall–Kier alpha value is -2.67. The molecule has 1 aromatic carbocycles. The summed E-state index contributed by atoms with van der Waals surface area (Å²) in [6.45, 7) is 1.58. The molecule has 0 unspecified atom stereocenters. The van der Waals surface area contributed by atoms with Gasteiger partial charge in [0.25, 0.3) is 0 Å². The molecule has 0 aliphatic carbocycles. The van der Waals surface area contributed by atoms with Crippen molar-refractivity contribution in [2.24, 2.45) is 0 Å². The van der Waals surface area contributed by atoms with E-state index in [9.17, 15) is 17.6 Å². The van der Waals surface area contributed by atoms with Crippen molar-refractivity contribution in [2.75, 3.05) is 0 Å². The molecule has 0 bridgehead atoms. The van der Waals surface area contributed by atoms with Crippen molar-refractivity contribution >= 4 is 21.3 Å². The SMILES string of the molecule is Cc1c(S(=O)(=O)c2ccc(F)cc2)c2ccccn2c1CC(=O)O. The number of carbonyl (C=O) groups is 1. The second-order valence-corrected chi connectivity index (χ2v) is 7.27. The van der Waals surface area contributed by atoms with Gasteiger partial charge in [-0.25, -0.2) is 12.8 Å². The fourth-order valence-corrected chi connectivity index (χ4v) is 4.49. The Kier molecular flexibility index (Phi) is 3.88. The van der Waals surface area contributed by atoms with Crippen molar-refractivity contribution in [2.45, 2.75) is 23.1 Å². The summed E-state index contributed by atoms with van der Waals surface area (Å²) in [6.07, 6.45) is 1.33. The first-order valence-electron chi connectivity index (χ1n) is 7.13. The van der Waals surface area contributed by atoms with Crippen molar-refractivity contribution < 1.29 is 22.7 Å². The minimum atomic E-state index is -3.91. The van der Waals surface area contributed by atoms with Crippen molar-refractivity contribution in [3.63, 3.8) is 0 Å². The van der Waals surface area contributed by atoms with E-state index in [0.717, 1.165) is 12.1 Å². The van der Waals surface area contributed by atoms with Crippen LogP contribution in [-0.2, 0) is 21.1 Å². The normalized spacial score (nSPS) is 11.8. The van der Waals surface area contributed by atoms with Gasteiger partial charge in [0.15, 0.2) is 0 Å². The smallest absolute Gasteiger partial charge is 0.309 e. The maximum atomic E-state index is 13.1. The Balaban J connectivity index is 2.31. The van der Waals surface area contributed by atoms with E-state index in [0.29, 0.717) is 16.8 Å². The molecule has 0 aliphatic rings. The summed E-state index contributed by atoms with van der Waals surface area (Å²) >= 11 is 0. The fraction of sp³-hybridized carbons (Fsp3) is 0.118. The summed E-state index contributed by atoms with van der Waals surface area (Å²) in [6, 6.07) is 9.57. The molecule has 2 heterocycles. The van der Waals surface area contributed by atoms with E-state index in [2.05, 4.69) is 0 Å². The first kappa shape index (κ1) is 16.2. The lowest BCUT2D eigenvalue weighted by molar-refractivity contribution is -0.136. The van der Waals surface area contributed by atoms with Crippen molar-refractivity contribution in [3.05, 3.63) is 65.7 Å². The maximum absolute atomic E-state index is 13.1. The fourth-order valence-electron chi connectivity index (χ4n) is 2.80. The zero-order valence-corrected chi connectivity index (χ0v) is 13.5. The van der Waals surface area contributed by atoms with Crippen LogP contribution in [0.2, 0.25) is 0 Å². The number of carboxylic acids is 1. The van der Waals surface area contributed by atoms with E-state index in [1.165, 1.54) is 12.1 Å². The van der Waals surface area contributed by atoms with Crippen LogP contribution in [0, 0.1) is 12.7 Å². The van der Waals surface area contributed by atoms with Gasteiger partial charge in [-0.2, -0.15) is 0 Å². The molecule has 1 N–H and O–H groups in total. The van der Waals surface area contributed by atoms with Crippen molar-refractivity contribution in [1.29, 1.82) is 0 Å². The number of aromatic nitrogens is 1. The molecule has 0 atom stereocenters. The van der Waals surface area contributed by atoms with Crippen molar-refractivity contribution in [3.8, 4) is 0 Å². The van der Waals surface area contributed by atoms with Gasteiger partial charge in [-0.15, -0.1) is 0 Å². The summed E-state index contributed by atoms with van der Waals surface area (Å²) < 4.78 is 40.7. The quantitative estimate of drug-likeness (QED) is 0.737. The monoisotopic (exact) mass is 347 g/mol. The number of pyridine rings is 1. The van der Waals surface area contributed by atoms with E-state index in [1.54, 1.807) is 35.7 Å². The molecule has 0 saturated heterocycles. The Bertz CT molecular complexity index is 1040. The van der Waals surface area contributed by atoms with Gasteiger partial charge >= 0.3 is 5.97 Å². The van der Waals surface area contributed by atoms with E-state index in [4.69, 9.17) is 5.11 Å². The van der Waals surface area contributed by atoms with Crippen LogP contribution in [0.3, 0.4) is 0 Å². The molecular formula is C17H14FNO4S. The van der Waals surface area contributed by atoms with Gasteiger partial charge in [0.2, 0.25) is 9.84 Å². The highest BCUT2D eigenvalue weighted by Gasteiger charge is 2.27. The van der Waals surface area contributed by atoms with E-state index in [-0.39, 0.29) is 16.2 Å². The molecule has 0 spiro atoms. The van der Waals surface area contributed by atoms with E-state index < -0.39 is 21.6 Å². The molecular weight excluding hydrogens is 333 g/mol. The number of sulfone groups is 1. The van der Waals surface area contributed by atoms with Crippen LogP contribution >= 0.6 is 0 Å². The zero-order chi connectivity index (χ0) is 17.5. The first-order chi connectivity index (χ1) is 11.3. The number of hydrogen-bond acceptors (Lipinski definition) is 3. The molecule has 0 radical (unpaired) electrons. The second-order valence-electron chi connectivity index (χ2n) is 5.38. The lowest BCUT2D eigenvalue weighted by atomic mass is 10.2. The molecule has 7 heteroatoms. The molecule has 0 aliphatic heterocycles. The average Bonchev–Trinajstić information content (AvgIpc) is 2.80. The standard InChI is InChI=1S/C17H14FNO4S/c1-11-15(10-16(20)21)19-9-3-2-4-14(19)17(11)24(22,23)13-7-5-12(18)6-8-13/h2-9H,10H2,1H3,(H,20,21). The van der Waals surface area contributed by atoms with Gasteiger partial charge < -0.3 is 9.51 Å². The molecule has 5 nitrogen and oxygen atoms in total. The average molecular weight is 347 g/mol. The summed E-state index contributed by atoms with van der Waals surface area (Å²) in [7, 11) is -3.91. The number of carboxylic acid groups (broad SMARTS) is 1. The van der Waals surface area contributed by atoms with Gasteiger partial charge in [-0.1, -0.05) is 6.07 Å². The van der Waals surface area contributed by atoms with Crippen LogP contribution in [0.5, 0.6) is 0 Å². The summed E-state index contributed by atoms with van der Waals surface area (Å²) in [5.41, 5.74) is 1.18. The highest BCUT2D eigenvalue weighted by atomic mass is 32.2. The van der Waals surface area contributed by atoms with Crippen LogP contribution in [0.4, 0.5) is 4.39 Å². The Morgan fingerprint density at radius 3 is 2.46 bits per heavy atom. The Morgan fingerprint density at radius 1 is 1.17 bits per heavy atom. The number of halogens is 1. The second kappa shape index (κ2) is 5.76. The molecule has 2 aromatic heterocycles. The molecule has 124 valence electrons. The van der Waals surface area contributed by atoms with Gasteiger partial charge in [0.1, 0.15) is 10.7 Å². The predicted octanol–water partition coefficient (Wildman–Crippen LogP) is 2.85. The molecule has 0 fully saturated rings. The largest absolute Gasteiger partial charge is 0.481 e.